The number of hydrogen-bond donors (Lipinski definition) is 13. The van der Waals surface area contributed by atoms with E-state index in [1.165, 1.54) is 15.5 Å². The molecule has 4 aliphatic rings. The van der Waals surface area contributed by atoms with Gasteiger partial charge in [-0.25, -0.2) is 0 Å². The summed E-state index contributed by atoms with van der Waals surface area (Å²) >= 11 is 1.78. The van der Waals surface area contributed by atoms with E-state index < -0.39 is 110 Å². The van der Waals surface area contributed by atoms with Gasteiger partial charge < -0.3 is 97.9 Å². The lowest BCUT2D eigenvalue weighted by molar-refractivity contribution is -0.332. The fourth-order valence-electron chi connectivity index (χ4n) is 7.90. The summed E-state index contributed by atoms with van der Waals surface area (Å²) in [5, 5.41) is 84.9. The number of aliphatic hydroxyl groups is 8. The predicted octanol–water partition coefficient (Wildman–Crippen LogP) is -3.98. The number of carbonyl (C=O) groups is 2. The SMILES string of the molecule is CC(=O)c1ccc2c(c1)N(CCCN(C)C)c1ccccc1S2.NCC[C@H](O)C(=O)N[C@@H]1C[C@H](N)[C@@H](O[C@H]2O[C@H](CN)[C@@H](O)[C@H](O)[C@H]2O)[C@H](O)[C@H]1O[C@H]1O[C@H](CO)[C@@H](O)[C@H](N)[C@H]1O. The van der Waals surface area contributed by atoms with E-state index in [-0.39, 0.29) is 31.7 Å². The molecule has 0 spiro atoms. The molecule has 17 N–H and O–H groups in total. The van der Waals surface area contributed by atoms with E-state index in [9.17, 15) is 50.4 Å². The number of aliphatic hydroxyl groups excluding tert-OH is 8. The molecule has 1 saturated carbocycles. The van der Waals surface area contributed by atoms with Crippen LogP contribution < -0.4 is 33.2 Å². The average molecular weight is 912 g/mol. The van der Waals surface area contributed by atoms with E-state index in [4.69, 9.17) is 41.9 Å². The van der Waals surface area contributed by atoms with Crippen LogP contribution in [0.5, 0.6) is 0 Å². The van der Waals surface area contributed by atoms with E-state index in [0.29, 0.717) is 0 Å². The third-order valence-electron chi connectivity index (χ3n) is 11.5. The summed E-state index contributed by atoms with van der Waals surface area (Å²) in [6.45, 7) is 2.73. The topological polar surface area (TPSA) is 355 Å². The lowest BCUT2D eigenvalue weighted by Gasteiger charge is -2.49. The maximum absolute atomic E-state index is 12.6. The average Bonchev–Trinajstić information content (AvgIpc) is 3.25. The highest BCUT2D eigenvalue weighted by atomic mass is 32.2. The minimum absolute atomic E-state index is 0.0101. The Hall–Kier alpha value is -2.95. The summed E-state index contributed by atoms with van der Waals surface area (Å²) in [6.07, 6.45) is -18.7. The van der Waals surface area contributed by atoms with Gasteiger partial charge in [-0.3, -0.25) is 9.59 Å². The van der Waals surface area contributed by atoms with Gasteiger partial charge in [0, 0.05) is 34.5 Å². The molecule has 3 aliphatic heterocycles. The predicted molar refractivity (Wildman–Crippen MR) is 229 cm³/mol. The van der Waals surface area contributed by atoms with E-state index >= 15 is 0 Å². The van der Waals surface area contributed by atoms with E-state index in [0.717, 1.165) is 30.8 Å². The zero-order valence-corrected chi connectivity index (χ0v) is 36.4. The first-order valence-electron chi connectivity index (χ1n) is 21.0. The molecule has 16 atom stereocenters. The molecule has 63 heavy (non-hydrogen) atoms. The van der Waals surface area contributed by atoms with Gasteiger partial charge in [-0.1, -0.05) is 30.0 Å². The Labute approximate surface area is 370 Å². The van der Waals surface area contributed by atoms with Gasteiger partial charge in [-0.2, -0.15) is 0 Å². The normalized spacial score (nSPS) is 34.6. The zero-order chi connectivity index (χ0) is 46.3. The maximum Gasteiger partial charge on any atom is 0.249 e. The summed E-state index contributed by atoms with van der Waals surface area (Å²) in [4.78, 5) is 31.4. The Balaban J connectivity index is 0.000000274. The van der Waals surface area contributed by atoms with Crippen LogP contribution in [0.3, 0.4) is 0 Å². The minimum Gasteiger partial charge on any atom is -0.394 e. The van der Waals surface area contributed by atoms with Crippen LogP contribution in [0.25, 0.3) is 0 Å². The lowest BCUT2D eigenvalue weighted by Crippen LogP contribution is -2.69. The van der Waals surface area contributed by atoms with Crippen LogP contribution >= 0.6 is 11.8 Å². The molecule has 21 nitrogen and oxygen atoms in total. The first-order chi connectivity index (χ1) is 29.9. The quantitative estimate of drug-likeness (QED) is 0.0758. The van der Waals surface area contributed by atoms with Crippen LogP contribution in [0, 0.1) is 0 Å². The molecule has 6 rings (SSSR count). The van der Waals surface area contributed by atoms with Crippen molar-refractivity contribution in [2.75, 3.05) is 51.8 Å². The Kier molecular flexibility index (Phi) is 18.6. The summed E-state index contributed by atoms with van der Waals surface area (Å²) in [5.41, 5.74) is 26.3. The molecule has 354 valence electrons. The molecule has 2 saturated heterocycles. The number of rotatable bonds is 15. The summed E-state index contributed by atoms with van der Waals surface area (Å²) < 4.78 is 22.5. The molecule has 0 unspecified atom stereocenters. The molecule has 22 heteroatoms. The number of ether oxygens (including phenoxy) is 4. The molecular formula is C41H65N7O14S. The van der Waals surface area contributed by atoms with Gasteiger partial charge in [0.15, 0.2) is 18.4 Å². The zero-order valence-electron chi connectivity index (χ0n) is 35.6. The van der Waals surface area contributed by atoms with Gasteiger partial charge >= 0.3 is 0 Å². The molecule has 3 heterocycles. The first-order valence-corrected chi connectivity index (χ1v) is 21.8. The number of para-hydroxylation sites is 1. The first kappa shape index (κ1) is 51.0. The van der Waals surface area contributed by atoms with Crippen molar-refractivity contribution in [1.82, 2.24) is 10.2 Å². The number of nitrogens with two attached hydrogens (primary N) is 4. The number of benzene rings is 2. The number of amides is 1. The highest BCUT2D eigenvalue weighted by Gasteiger charge is 2.52. The van der Waals surface area contributed by atoms with Crippen molar-refractivity contribution >= 4 is 34.8 Å². The Morgan fingerprint density at radius 2 is 1.52 bits per heavy atom. The highest BCUT2D eigenvalue weighted by molar-refractivity contribution is 7.99. The van der Waals surface area contributed by atoms with Gasteiger partial charge in [0.2, 0.25) is 5.91 Å². The largest absolute Gasteiger partial charge is 0.394 e. The number of fused-ring (bicyclic) bond motifs is 2. The summed E-state index contributed by atoms with van der Waals surface area (Å²) in [7, 11) is 4.20. The molecule has 0 aromatic heterocycles. The van der Waals surface area contributed by atoms with Crippen molar-refractivity contribution in [1.29, 1.82) is 0 Å². The van der Waals surface area contributed by atoms with Gasteiger partial charge in [0.1, 0.15) is 67.1 Å². The molecule has 1 amide bonds. The van der Waals surface area contributed by atoms with Crippen molar-refractivity contribution in [3.8, 4) is 0 Å². The monoisotopic (exact) mass is 911 g/mol. The van der Waals surface area contributed by atoms with Gasteiger partial charge in [0.05, 0.1) is 30.1 Å². The van der Waals surface area contributed by atoms with Crippen molar-refractivity contribution in [2.24, 2.45) is 22.9 Å². The maximum atomic E-state index is 12.6. The summed E-state index contributed by atoms with van der Waals surface area (Å²) in [6, 6.07) is 11.1. The molecule has 0 bridgehead atoms. The fraction of sp³-hybridized carbons (Fsp3) is 0.659. The molecule has 2 aromatic rings. The third kappa shape index (κ3) is 12.1. The van der Waals surface area contributed by atoms with Gasteiger partial charge in [-0.05, 0) is 77.6 Å². The van der Waals surface area contributed by atoms with Crippen LogP contribution in [-0.2, 0) is 23.7 Å². The Morgan fingerprint density at radius 3 is 2.17 bits per heavy atom. The van der Waals surface area contributed by atoms with Crippen LogP contribution in [0.1, 0.15) is 36.5 Å². The lowest BCUT2D eigenvalue weighted by atomic mass is 9.83. The number of hydrogen-bond acceptors (Lipinski definition) is 21. The van der Waals surface area contributed by atoms with Crippen LogP contribution in [0.4, 0.5) is 11.4 Å². The number of Topliss-reactive ketones (excluding diaryl/α,β-unsaturated/α-hetero) is 1. The summed E-state index contributed by atoms with van der Waals surface area (Å²) in [5.74, 6) is -0.730. The van der Waals surface area contributed by atoms with Crippen LogP contribution in [-0.4, -0.2) is 202 Å². The number of anilines is 2. The van der Waals surface area contributed by atoms with Crippen LogP contribution in [0.15, 0.2) is 52.3 Å². The molecule has 1 aliphatic carbocycles. The third-order valence-corrected chi connectivity index (χ3v) is 12.7. The van der Waals surface area contributed by atoms with Gasteiger partial charge in [0.25, 0.3) is 0 Å². The van der Waals surface area contributed by atoms with Crippen molar-refractivity contribution in [3.05, 3.63) is 48.0 Å². The fourth-order valence-corrected chi connectivity index (χ4v) is 8.98. The second kappa shape index (κ2) is 23.0. The standard InChI is InChI=1S/C22H43N5O13.C19H22N2OS/c23-2-1-8(29)20(36)27-7-3-6(25)18(39-22-16(34)15(33)13(31)9(4-24)37-22)17(35)19(7)40-21-14(32)11(26)12(30)10(5-28)38-21;1-14(22)15-9-10-19-17(13-15)21(12-6-11-20(2)3)16-7-4-5-8-18(16)23-19/h6-19,21-22,28-35H,1-5,23-26H2,(H,27,36);4-5,7-10,13H,6,11-12H2,1-3H3/t6-,7+,8-,9+,10+,11-,12+,13+,14+,15-,16+,17-,18+,19-,21+,22+;/m0./s1. The Bertz CT molecular complexity index is 1800. The van der Waals surface area contributed by atoms with E-state index in [1.807, 2.05) is 12.1 Å². The molecule has 0 radical (unpaired) electrons. The van der Waals surface area contributed by atoms with Crippen molar-refractivity contribution < 1.29 is 69.4 Å². The molecule has 2 aromatic carbocycles. The molecule has 3 fully saturated rings. The number of nitrogens with zero attached hydrogens (tertiary/aromatic N) is 2. The van der Waals surface area contributed by atoms with Crippen molar-refractivity contribution in [3.63, 3.8) is 0 Å². The number of ketones is 1. The smallest absolute Gasteiger partial charge is 0.249 e. The Morgan fingerprint density at radius 1 is 0.873 bits per heavy atom. The van der Waals surface area contributed by atoms with Crippen molar-refractivity contribution in [2.45, 2.75) is 134 Å². The highest BCUT2D eigenvalue weighted by Crippen LogP contribution is 2.48. The second-order valence-corrected chi connectivity index (χ2v) is 17.5. The number of carbonyl (C=O) groups excluding carboxylic acids is 2. The van der Waals surface area contributed by atoms with E-state index in [1.54, 1.807) is 18.7 Å². The van der Waals surface area contributed by atoms with Gasteiger partial charge in [-0.15, -0.1) is 0 Å². The minimum atomic E-state index is -1.76. The second-order valence-electron chi connectivity index (χ2n) is 16.5. The number of nitrogens with one attached hydrogen (secondary N) is 1. The molecular weight excluding hydrogens is 847 g/mol. The van der Waals surface area contributed by atoms with Crippen LogP contribution in [0.2, 0.25) is 0 Å². The van der Waals surface area contributed by atoms with E-state index in [2.05, 4.69) is 59.5 Å².